The Morgan fingerprint density at radius 3 is 2.39 bits per heavy atom. The van der Waals surface area contributed by atoms with Gasteiger partial charge in [-0.05, 0) is 74.4 Å². The lowest BCUT2D eigenvalue weighted by Gasteiger charge is -2.38. The Balaban J connectivity index is 1.66. The van der Waals surface area contributed by atoms with E-state index < -0.39 is 0 Å². The molecular formula is C24H32FN6+. The van der Waals surface area contributed by atoms with Gasteiger partial charge in [-0.15, -0.1) is 5.10 Å². The minimum absolute atomic E-state index is 0.208. The van der Waals surface area contributed by atoms with Gasteiger partial charge in [-0.2, -0.15) is 0 Å². The predicted molar refractivity (Wildman–Crippen MR) is 120 cm³/mol. The zero-order chi connectivity index (χ0) is 22.2. The summed E-state index contributed by atoms with van der Waals surface area (Å²) in [6, 6.07) is 13.2. The van der Waals surface area contributed by atoms with Crippen LogP contribution in [0.1, 0.15) is 49.3 Å². The van der Waals surface area contributed by atoms with E-state index in [-0.39, 0.29) is 17.4 Å². The fraction of sp³-hybridized carbons (Fsp3) is 0.458. The van der Waals surface area contributed by atoms with Crippen molar-refractivity contribution in [3.63, 3.8) is 0 Å². The van der Waals surface area contributed by atoms with Crippen LogP contribution in [-0.2, 0) is 5.54 Å². The molecule has 0 radical (unpaired) electrons. The molecule has 1 fully saturated rings. The Labute approximate surface area is 183 Å². The molecule has 1 aliphatic rings. The summed E-state index contributed by atoms with van der Waals surface area (Å²) in [5, 5.41) is 12.6. The Hall–Kier alpha value is -2.80. The number of hydrogen-bond donors (Lipinski definition) is 1. The number of rotatable bonds is 4. The molecular weight excluding hydrogens is 391 g/mol. The number of piperazine rings is 1. The number of benzene rings is 2. The SMILES string of the molecule is Cc1cccc(N2CC[NH+]([C@H](c3ccccc3F)c3nnnn3C(C)(C)C)CC2)c1C. The molecule has 1 aromatic heterocycles. The summed E-state index contributed by atoms with van der Waals surface area (Å²) in [6.45, 7) is 14.1. The molecule has 31 heavy (non-hydrogen) atoms. The molecule has 1 saturated heterocycles. The minimum Gasteiger partial charge on any atom is -0.360 e. The lowest BCUT2D eigenvalue weighted by molar-refractivity contribution is -0.927. The third kappa shape index (κ3) is 4.19. The molecule has 0 aliphatic carbocycles. The molecule has 4 rings (SSSR count). The number of tetrazole rings is 1. The molecule has 164 valence electrons. The number of hydrogen-bond acceptors (Lipinski definition) is 4. The normalized spacial score (nSPS) is 16.5. The highest BCUT2D eigenvalue weighted by molar-refractivity contribution is 5.56. The number of aromatic nitrogens is 4. The topological polar surface area (TPSA) is 51.3 Å². The predicted octanol–water partition coefficient (Wildman–Crippen LogP) is 2.68. The first-order valence-corrected chi connectivity index (χ1v) is 11.0. The summed E-state index contributed by atoms with van der Waals surface area (Å²) in [7, 11) is 0. The molecule has 3 aromatic rings. The second-order valence-electron chi connectivity index (χ2n) is 9.44. The number of quaternary nitrogens is 1. The third-order valence-corrected chi connectivity index (χ3v) is 6.33. The number of aryl methyl sites for hydroxylation is 1. The Morgan fingerprint density at radius 2 is 1.71 bits per heavy atom. The highest BCUT2D eigenvalue weighted by atomic mass is 19.1. The summed E-state index contributed by atoms with van der Waals surface area (Å²) in [5.41, 5.74) is 4.29. The van der Waals surface area contributed by atoms with Gasteiger partial charge >= 0.3 is 0 Å². The molecule has 1 N–H and O–H groups in total. The first-order valence-electron chi connectivity index (χ1n) is 11.0. The van der Waals surface area contributed by atoms with E-state index in [9.17, 15) is 4.39 Å². The quantitative estimate of drug-likeness (QED) is 0.701. The van der Waals surface area contributed by atoms with Crippen LogP contribution >= 0.6 is 0 Å². The number of nitrogens with zero attached hydrogens (tertiary/aromatic N) is 5. The van der Waals surface area contributed by atoms with E-state index in [0.29, 0.717) is 11.4 Å². The molecule has 0 spiro atoms. The number of halogens is 1. The lowest BCUT2D eigenvalue weighted by Crippen LogP contribution is -3.15. The highest BCUT2D eigenvalue weighted by Crippen LogP contribution is 2.26. The first-order chi connectivity index (χ1) is 14.8. The van der Waals surface area contributed by atoms with Crippen molar-refractivity contribution in [2.75, 3.05) is 31.1 Å². The third-order valence-electron chi connectivity index (χ3n) is 6.33. The summed E-state index contributed by atoms with van der Waals surface area (Å²) >= 11 is 0. The molecule has 6 nitrogen and oxygen atoms in total. The molecule has 7 heteroatoms. The van der Waals surface area contributed by atoms with Gasteiger partial charge in [0.25, 0.3) is 0 Å². The van der Waals surface area contributed by atoms with E-state index in [1.807, 2.05) is 16.8 Å². The van der Waals surface area contributed by atoms with Crippen LogP contribution in [0.4, 0.5) is 10.1 Å². The Kier molecular flexibility index (Phi) is 5.79. The van der Waals surface area contributed by atoms with Crippen molar-refractivity contribution in [3.05, 3.63) is 70.8 Å². The summed E-state index contributed by atoms with van der Waals surface area (Å²) < 4.78 is 16.8. The van der Waals surface area contributed by atoms with E-state index >= 15 is 0 Å². The maximum atomic E-state index is 15.0. The van der Waals surface area contributed by atoms with Gasteiger partial charge in [0.05, 0.1) is 37.3 Å². The van der Waals surface area contributed by atoms with Gasteiger partial charge in [0.2, 0.25) is 5.82 Å². The molecule has 0 amide bonds. The maximum Gasteiger partial charge on any atom is 0.214 e. The van der Waals surface area contributed by atoms with Crippen LogP contribution < -0.4 is 9.80 Å². The molecule has 0 unspecified atom stereocenters. The zero-order valence-corrected chi connectivity index (χ0v) is 19.1. The second-order valence-corrected chi connectivity index (χ2v) is 9.44. The largest absolute Gasteiger partial charge is 0.360 e. The van der Waals surface area contributed by atoms with E-state index in [4.69, 9.17) is 0 Å². The van der Waals surface area contributed by atoms with Crippen molar-refractivity contribution in [2.24, 2.45) is 0 Å². The fourth-order valence-corrected chi connectivity index (χ4v) is 4.50. The summed E-state index contributed by atoms with van der Waals surface area (Å²) in [4.78, 5) is 3.73. The number of anilines is 1. The molecule has 1 aliphatic heterocycles. The number of nitrogens with one attached hydrogen (secondary N) is 1. The van der Waals surface area contributed by atoms with Crippen LogP contribution in [-0.4, -0.2) is 46.4 Å². The van der Waals surface area contributed by atoms with E-state index in [1.165, 1.54) is 27.8 Å². The summed E-state index contributed by atoms with van der Waals surface area (Å²) in [6.07, 6.45) is 0. The Morgan fingerprint density at radius 1 is 1.00 bits per heavy atom. The van der Waals surface area contributed by atoms with Crippen LogP contribution in [0.2, 0.25) is 0 Å². The van der Waals surface area contributed by atoms with Gasteiger partial charge in [-0.3, -0.25) is 0 Å². The smallest absolute Gasteiger partial charge is 0.214 e. The van der Waals surface area contributed by atoms with Gasteiger partial charge in [-0.25, -0.2) is 9.07 Å². The molecule has 2 aromatic carbocycles. The van der Waals surface area contributed by atoms with Gasteiger partial charge in [0, 0.05) is 5.69 Å². The molecule has 1 atom stereocenters. The maximum absolute atomic E-state index is 15.0. The van der Waals surface area contributed by atoms with Crippen molar-refractivity contribution in [1.82, 2.24) is 20.2 Å². The molecule has 0 bridgehead atoms. The minimum atomic E-state index is -0.289. The molecule has 2 heterocycles. The lowest BCUT2D eigenvalue weighted by atomic mass is 10.0. The van der Waals surface area contributed by atoms with E-state index in [2.05, 4.69) is 73.2 Å². The molecule has 0 saturated carbocycles. The van der Waals surface area contributed by atoms with Crippen LogP contribution in [0.5, 0.6) is 0 Å². The fourth-order valence-electron chi connectivity index (χ4n) is 4.50. The van der Waals surface area contributed by atoms with E-state index in [0.717, 1.165) is 26.2 Å². The van der Waals surface area contributed by atoms with E-state index in [1.54, 1.807) is 6.07 Å². The van der Waals surface area contributed by atoms with Gasteiger partial charge < -0.3 is 9.80 Å². The van der Waals surface area contributed by atoms with Crippen LogP contribution in [0.15, 0.2) is 42.5 Å². The van der Waals surface area contributed by atoms with Gasteiger partial charge in [0.15, 0.2) is 6.04 Å². The van der Waals surface area contributed by atoms with Gasteiger partial charge in [0.1, 0.15) is 5.82 Å². The monoisotopic (exact) mass is 423 g/mol. The van der Waals surface area contributed by atoms with Crippen LogP contribution in [0.25, 0.3) is 0 Å². The zero-order valence-electron chi connectivity index (χ0n) is 19.1. The van der Waals surface area contributed by atoms with Crippen molar-refractivity contribution >= 4 is 5.69 Å². The van der Waals surface area contributed by atoms with Gasteiger partial charge in [-0.1, -0.05) is 24.3 Å². The van der Waals surface area contributed by atoms with Crippen molar-refractivity contribution in [2.45, 2.75) is 46.2 Å². The van der Waals surface area contributed by atoms with Crippen LogP contribution in [0, 0.1) is 19.7 Å². The van der Waals surface area contributed by atoms with Crippen molar-refractivity contribution < 1.29 is 9.29 Å². The summed E-state index contributed by atoms with van der Waals surface area (Å²) in [5.74, 6) is 0.508. The van der Waals surface area contributed by atoms with Crippen molar-refractivity contribution in [1.29, 1.82) is 0 Å². The van der Waals surface area contributed by atoms with Crippen LogP contribution in [0.3, 0.4) is 0 Å². The average Bonchev–Trinajstić information content (AvgIpc) is 3.22. The second kappa shape index (κ2) is 8.38. The average molecular weight is 424 g/mol. The first kappa shape index (κ1) is 21.4. The van der Waals surface area contributed by atoms with Crippen molar-refractivity contribution in [3.8, 4) is 0 Å². The Bertz CT molecular complexity index is 1050. The highest BCUT2D eigenvalue weighted by Gasteiger charge is 2.37. The standard InChI is InChI=1S/C24H31FN6/c1-17-9-8-12-21(18(17)2)29-13-15-30(16-14-29)22(19-10-6-7-11-20(19)25)23-26-27-28-31(23)24(3,4)5/h6-12,22H,13-16H2,1-5H3/p+1/t22-/m1/s1.